The third-order valence-electron chi connectivity index (χ3n) is 0. The van der Waals surface area contributed by atoms with Crippen molar-refractivity contribution in [3.63, 3.8) is 0 Å². The Labute approximate surface area is 67.5 Å². The third-order valence-corrected chi connectivity index (χ3v) is 0. The predicted molar refractivity (Wildman–Crippen MR) is 0 cm³/mol. The Morgan fingerprint density at radius 3 is 1.00 bits per heavy atom. The molecule has 0 aliphatic rings. The Bertz CT molecular complexity index is 8.00. The van der Waals surface area contributed by atoms with E-state index in [0.29, 0.717) is 0 Å². The Morgan fingerprint density at radius 2 is 1.00 bits per heavy atom. The summed E-state index contributed by atoms with van der Waals surface area (Å²) < 4.78 is 0. The van der Waals surface area contributed by atoms with E-state index in [9.17, 15) is 0 Å². The van der Waals surface area contributed by atoms with Crippen molar-refractivity contribution in [2.75, 3.05) is 0 Å². The molecule has 0 saturated heterocycles. The van der Waals surface area contributed by atoms with Gasteiger partial charge in [0.1, 0.15) is 0 Å². The Kier molecular flexibility index (Phi) is 179. The molecule has 0 spiro atoms. The van der Waals surface area contributed by atoms with E-state index in [-0.39, 0.29) is 68.0 Å². The fraction of sp³-hybridized carbons (Fsp3) is 0. The maximum Gasteiger partial charge on any atom is 0 e. The molecular formula is CoCuFeMn. The molecule has 0 aliphatic carbocycles. The van der Waals surface area contributed by atoms with E-state index >= 15 is 0 Å². The zero-order valence-corrected chi connectivity index (χ0v) is 5.63. The van der Waals surface area contributed by atoms with Crippen LogP contribution in [0.15, 0.2) is 0 Å². The van der Waals surface area contributed by atoms with Crippen molar-refractivity contribution < 1.29 is 68.0 Å². The van der Waals surface area contributed by atoms with Crippen LogP contribution in [0.4, 0.5) is 0 Å². The summed E-state index contributed by atoms with van der Waals surface area (Å²) in [7, 11) is 0. The molecule has 0 aromatic rings. The molecule has 0 rings (SSSR count). The second-order valence-electron chi connectivity index (χ2n) is 0. The van der Waals surface area contributed by atoms with Gasteiger partial charge >= 0.3 is 0 Å². The van der Waals surface area contributed by atoms with Gasteiger partial charge in [0.25, 0.3) is 0 Å². The van der Waals surface area contributed by atoms with E-state index in [0.717, 1.165) is 0 Å². The van der Waals surface area contributed by atoms with Gasteiger partial charge in [-0.25, -0.2) is 0 Å². The second kappa shape index (κ2) is 19.6. The van der Waals surface area contributed by atoms with Crippen molar-refractivity contribution in [1.82, 2.24) is 0 Å². The molecule has 0 unspecified atom stereocenters. The monoisotopic (exact) mass is 233 g/mol. The van der Waals surface area contributed by atoms with Crippen LogP contribution in [-0.2, 0) is 68.0 Å². The molecule has 0 aliphatic heterocycles. The summed E-state index contributed by atoms with van der Waals surface area (Å²) in [5, 5.41) is 0. The maximum atomic E-state index is 0. The first-order valence-electron chi connectivity index (χ1n) is 0. The van der Waals surface area contributed by atoms with Crippen molar-refractivity contribution in [3.05, 3.63) is 0 Å². The van der Waals surface area contributed by atoms with Gasteiger partial charge in [-0.1, -0.05) is 0 Å². The second-order valence-corrected chi connectivity index (χ2v) is 0. The van der Waals surface area contributed by atoms with Crippen molar-refractivity contribution in [1.29, 1.82) is 0 Å². The zero-order valence-electron chi connectivity index (χ0n) is 1.37. The number of hydrogen-bond donors (Lipinski definition) is 0. The van der Waals surface area contributed by atoms with Crippen molar-refractivity contribution in [2.45, 2.75) is 0 Å². The van der Waals surface area contributed by atoms with Crippen molar-refractivity contribution in [3.8, 4) is 0 Å². The minimum absolute atomic E-state index is 0. The van der Waals surface area contributed by atoms with Gasteiger partial charge in [0.05, 0.1) is 0 Å². The first-order valence-corrected chi connectivity index (χ1v) is 0. The van der Waals surface area contributed by atoms with Gasteiger partial charge in [-0.15, -0.1) is 0 Å². The normalized spacial score (nSPS) is 0. The largest absolute Gasteiger partial charge is 0 e. The van der Waals surface area contributed by atoms with Crippen LogP contribution in [0.3, 0.4) is 0 Å². The van der Waals surface area contributed by atoms with Gasteiger partial charge in [-0.2, -0.15) is 0 Å². The molecule has 0 N–H and O–H groups in total. The molecule has 0 heterocycles. The van der Waals surface area contributed by atoms with E-state index in [4.69, 9.17) is 0 Å². The van der Waals surface area contributed by atoms with Crippen LogP contribution in [0.1, 0.15) is 0 Å². The summed E-state index contributed by atoms with van der Waals surface area (Å²) in [6.45, 7) is 0. The van der Waals surface area contributed by atoms with Gasteiger partial charge < -0.3 is 0 Å². The molecule has 3 radical (unpaired) electrons. The van der Waals surface area contributed by atoms with Crippen molar-refractivity contribution >= 4 is 0 Å². The van der Waals surface area contributed by atoms with E-state index < -0.39 is 0 Å². The number of hydrogen-bond acceptors (Lipinski definition) is 0. The van der Waals surface area contributed by atoms with Crippen LogP contribution < -0.4 is 0 Å². The van der Waals surface area contributed by atoms with Crippen LogP contribution in [0, 0.1) is 0 Å². The first-order chi connectivity index (χ1) is 0. The molecule has 0 bridgehead atoms. The molecule has 0 aromatic heterocycles. The standard InChI is InChI=1S/Co.Cu.Fe.Mn. The molecule has 0 atom stereocenters. The van der Waals surface area contributed by atoms with E-state index in [1.807, 2.05) is 0 Å². The molecular weight excluding hydrogens is 233 g/mol. The Balaban J connectivity index is 0. The molecule has 0 fully saturated rings. The molecule has 4 heteroatoms. The summed E-state index contributed by atoms with van der Waals surface area (Å²) in [4.78, 5) is 0. The quantitative estimate of drug-likeness (QED) is 0.516. The third kappa shape index (κ3) is 8.96. The summed E-state index contributed by atoms with van der Waals surface area (Å²) in [6, 6.07) is 0. The fourth-order valence-corrected chi connectivity index (χ4v) is 0. The summed E-state index contributed by atoms with van der Waals surface area (Å²) in [5.74, 6) is 0. The van der Waals surface area contributed by atoms with Crippen LogP contribution >= 0.6 is 0 Å². The van der Waals surface area contributed by atoms with Gasteiger partial charge in [-0.3, -0.25) is 0 Å². The fourth-order valence-electron chi connectivity index (χ4n) is 0. The Hall–Kier alpha value is 2.06. The van der Waals surface area contributed by atoms with Crippen LogP contribution in [-0.4, -0.2) is 0 Å². The molecule has 4 heavy (non-hydrogen) atoms. The van der Waals surface area contributed by atoms with Gasteiger partial charge in [0.2, 0.25) is 0 Å². The van der Waals surface area contributed by atoms with Crippen LogP contribution in [0.25, 0.3) is 0 Å². The van der Waals surface area contributed by atoms with Crippen LogP contribution in [0.5, 0.6) is 0 Å². The smallest absolute Gasteiger partial charge is 0 e. The molecule has 0 nitrogen and oxygen atoms in total. The molecule has 0 saturated carbocycles. The minimum atomic E-state index is 0. The van der Waals surface area contributed by atoms with Gasteiger partial charge in [0.15, 0.2) is 0 Å². The van der Waals surface area contributed by atoms with Gasteiger partial charge in [0, 0.05) is 68.0 Å². The van der Waals surface area contributed by atoms with Crippen molar-refractivity contribution in [2.24, 2.45) is 0 Å². The topological polar surface area (TPSA) is 0 Å². The maximum absolute atomic E-state index is 0. The first kappa shape index (κ1) is 36.5. The van der Waals surface area contributed by atoms with E-state index in [1.165, 1.54) is 0 Å². The molecule has 0 aromatic carbocycles. The van der Waals surface area contributed by atoms with Gasteiger partial charge in [-0.05, 0) is 0 Å². The van der Waals surface area contributed by atoms with E-state index in [1.54, 1.807) is 0 Å². The minimum Gasteiger partial charge on any atom is 0 e. The summed E-state index contributed by atoms with van der Waals surface area (Å²) >= 11 is 0. The average Bonchev–Trinajstić information content (AvgIpc) is 0. The predicted octanol–water partition coefficient (Wildman–Crippen LogP) is -0.0100. The summed E-state index contributed by atoms with van der Waals surface area (Å²) in [5.41, 5.74) is 0. The average molecular weight is 233 g/mol. The summed E-state index contributed by atoms with van der Waals surface area (Å²) in [6.07, 6.45) is 0. The zero-order chi connectivity index (χ0) is 0. The Morgan fingerprint density at radius 1 is 1.00 bits per heavy atom. The van der Waals surface area contributed by atoms with E-state index in [2.05, 4.69) is 0 Å². The molecule has 35 valence electrons. The molecule has 0 amide bonds. The number of rotatable bonds is 0. The van der Waals surface area contributed by atoms with Crippen LogP contribution in [0.2, 0.25) is 0 Å². The SMILES string of the molecule is [Co].[Cu].[Fe].[Mn].